The van der Waals surface area contributed by atoms with Gasteiger partial charge in [0.1, 0.15) is 0 Å². The zero-order chi connectivity index (χ0) is 7.68. The van der Waals surface area contributed by atoms with E-state index in [1.54, 1.807) is 18.4 Å². The van der Waals surface area contributed by atoms with E-state index in [0.717, 1.165) is 0 Å². The summed E-state index contributed by atoms with van der Waals surface area (Å²) in [6.45, 7) is 0.588. The largest absolute Gasteiger partial charge is 0.272 e. The van der Waals surface area contributed by atoms with Crippen LogP contribution in [0, 0.1) is 0 Å². The van der Waals surface area contributed by atoms with Gasteiger partial charge in [0.05, 0.1) is 6.54 Å². The highest BCUT2D eigenvalue weighted by Gasteiger charge is 2.21. The van der Waals surface area contributed by atoms with E-state index in [1.165, 1.54) is 5.01 Å². The number of nitrogens with zero attached hydrogens (tertiary/aromatic N) is 3. The molecule has 1 amide bonds. The first-order valence-corrected chi connectivity index (χ1v) is 3.46. The monoisotopic (exact) mass is 149 g/mol. The molecule has 2 heterocycles. The molecular formula is C7H7N3O. The second-order valence-electron chi connectivity index (χ2n) is 2.32. The molecule has 0 unspecified atom stereocenters. The number of fused-ring (bicyclic) bond motifs is 1. The summed E-state index contributed by atoms with van der Waals surface area (Å²) >= 11 is 0. The van der Waals surface area contributed by atoms with E-state index >= 15 is 0 Å². The van der Waals surface area contributed by atoms with E-state index in [4.69, 9.17) is 0 Å². The number of amidine groups is 1. The summed E-state index contributed by atoms with van der Waals surface area (Å²) in [6, 6.07) is 0. The Morgan fingerprint density at radius 3 is 3.27 bits per heavy atom. The third-order valence-electron chi connectivity index (χ3n) is 1.57. The summed E-state index contributed by atoms with van der Waals surface area (Å²) in [4.78, 5) is 15.2. The van der Waals surface area contributed by atoms with Gasteiger partial charge < -0.3 is 0 Å². The zero-order valence-electron chi connectivity index (χ0n) is 5.90. The molecule has 0 aliphatic carbocycles. The Morgan fingerprint density at radius 1 is 1.55 bits per heavy atom. The topological polar surface area (TPSA) is 45.0 Å². The van der Waals surface area contributed by atoms with Crippen LogP contribution >= 0.6 is 0 Å². The van der Waals surface area contributed by atoms with Crippen LogP contribution in [0.4, 0.5) is 0 Å². The Kier molecular flexibility index (Phi) is 1.31. The molecule has 0 fully saturated rings. The molecule has 2 aliphatic rings. The first kappa shape index (κ1) is 6.27. The van der Waals surface area contributed by atoms with Crippen LogP contribution in [0.5, 0.6) is 0 Å². The summed E-state index contributed by atoms with van der Waals surface area (Å²) in [6.07, 6.45) is 5.61. The molecule has 56 valence electrons. The number of carbonyl (C=O) groups excluding carboxylic acids is 1. The van der Waals surface area contributed by atoms with Crippen molar-refractivity contribution in [2.45, 2.75) is 6.42 Å². The van der Waals surface area contributed by atoms with Gasteiger partial charge in [-0.25, -0.2) is 0 Å². The second-order valence-corrected chi connectivity index (χ2v) is 2.32. The maximum atomic E-state index is 11.1. The van der Waals surface area contributed by atoms with Crippen molar-refractivity contribution in [3.05, 3.63) is 12.2 Å². The molecule has 0 N–H and O–H groups in total. The molecule has 0 saturated heterocycles. The summed E-state index contributed by atoms with van der Waals surface area (Å²) in [7, 11) is 0. The zero-order valence-corrected chi connectivity index (χ0v) is 5.90. The van der Waals surface area contributed by atoms with Gasteiger partial charge in [-0.2, -0.15) is 10.1 Å². The van der Waals surface area contributed by atoms with Gasteiger partial charge in [0.25, 0.3) is 5.91 Å². The number of carbonyl (C=O) groups is 1. The van der Waals surface area contributed by atoms with Crippen LogP contribution in [0.3, 0.4) is 0 Å². The van der Waals surface area contributed by atoms with E-state index in [1.807, 2.05) is 0 Å². The van der Waals surface area contributed by atoms with Crippen molar-refractivity contribution in [3.63, 3.8) is 0 Å². The number of rotatable bonds is 0. The van der Waals surface area contributed by atoms with E-state index in [0.29, 0.717) is 18.8 Å². The summed E-state index contributed by atoms with van der Waals surface area (Å²) in [5.41, 5.74) is 0. The van der Waals surface area contributed by atoms with Crippen LogP contribution < -0.4 is 0 Å². The lowest BCUT2D eigenvalue weighted by atomic mass is 10.3. The smallest absolute Gasteiger partial charge is 0.250 e. The fourth-order valence-electron chi connectivity index (χ4n) is 1.05. The normalized spacial score (nSPS) is 21.6. The summed E-state index contributed by atoms with van der Waals surface area (Å²) in [5, 5.41) is 5.21. The molecule has 0 aromatic carbocycles. The Balaban J connectivity index is 2.36. The molecule has 0 bridgehead atoms. The van der Waals surface area contributed by atoms with Crippen molar-refractivity contribution in [2.24, 2.45) is 10.1 Å². The van der Waals surface area contributed by atoms with Gasteiger partial charge in [0, 0.05) is 12.6 Å². The highest BCUT2D eigenvalue weighted by Crippen LogP contribution is 2.08. The molecule has 2 aliphatic heterocycles. The highest BCUT2D eigenvalue weighted by atomic mass is 16.2. The molecule has 0 atom stereocenters. The maximum Gasteiger partial charge on any atom is 0.250 e. The van der Waals surface area contributed by atoms with Crippen LogP contribution in [0.2, 0.25) is 0 Å². The lowest BCUT2D eigenvalue weighted by Gasteiger charge is -2.21. The number of hydrazone groups is 1. The summed E-state index contributed by atoms with van der Waals surface area (Å²) in [5.74, 6) is 0.680. The summed E-state index contributed by atoms with van der Waals surface area (Å²) < 4.78 is 0. The fourth-order valence-corrected chi connectivity index (χ4v) is 1.05. The molecule has 11 heavy (non-hydrogen) atoms. The van der Waals surface area contributed by atoms with Crippen LogP contribution in [0.15, 0.2) is 22.2 Å². The Labute approximate surface area is 63.9 Å². The minimum absolute atomic E-state index is 0.0237. The third kappa shape index (κ3) is 0.960. The van der Waals surface area contributed by atoms with Crippen LogP contribution in [-0.4, -0.2) is 29.5 Å². The van der Waals surface area contributed by atoms with E-state index in [-0.39, 0.29) is 5.91 Å². The Morgan fingerprint density at radius 2 is 2.45 bits per heavy atom. The van der Waals surface area contributed by atoms with Crippen molar-refractivity contribution < 1.29 is 4.79 Å². The molecule has 4 heteroatoms. The number of allylic oxidation sites excluding steroid dienone is 1. The highest BCUT2D eigenvalue weighted by molar-refractivity contribution is 6.08. The number of hydrogen-bond acceptors (Lipinski definition) is 3. The van der Waals surface area contributed by atoms with Crippen LogP contribution in [0.1, 0.15) is 6.42 Å². The minimum atomic E-state index is 0.0237. The second kappa shape index (κ2) is 2.30. The lowest BCUT2D eigenvalue weighted by molar-refractivity contribution is -0.127. The molecule has 0 spiro atoms. The SMILES string of the molecule is O=C1CCN=C2C=CC=NN12. The minimum Gasteiger partial charge on any atom is -0.272 e. The first-order chi connectivity index (χ1) is 5.38. The van der Waals surface area contributed by atoms with Gasteiger partial charge in [-0.1, -0.05) is 0 Å². The number of hydrogen-bond donors (Lipinski definition) is 0. The standard InChI is InChI=1S/C7H7N3O/c11-7-3-5-8-6-2-1-4-9-10(6)7/h1-2,4H,3,5H2. The molecular weight excluding hydrogens is 142 g/mol. The van der Waals surface area contributed by atoms with Gasteiger partial charge in [0.2, 0.25) is 0 Å². The molecule has 0 aromatic heterocycles. The van der Waals surface area contributed by atoms with Crippen LogP contribution in [0.25, 0.3) is 0 Å². The third-order valence-corrected chi connectivity index (χ3v) is 1.57. The Hall–Kier alpha value is -1.45. The molecule has 2 rings (SSSR count). The lowest BCUT2D eigenvalue weighted by Crippen LogP contribution is -2.36. The van der Waals surface area contributed by atoms with Crippen molar-refractivity contribution in [1.29, 1.82) is 0 Å². The van der Waals surface area contributed by atoms with Crippen molar-refractivity contribution in [3.8, 4) is 0 Å². The van der Waals surface area contributed by atoms with Gasteiger partial charge in [0.15, 0.2) is 5.84 Å². The van der Waals surface area contributed by atoms with E-state index in [2.05, 4.69) is 10.1 Å². The van der Waals surface area contributed by atoms with Crippen molar-refractivity contribution in [2.75, 3.05) is 6.54 Å². The number of aliphatic imine (C=N–C) groups is 1. The Bertz CT molecular complexity index is 277. The van der Waals surface area contributed by atoms with E-state index in [9.17, 15) is 4.79 Å². The number of amides is 1. The average Bonchev–Trinajstić information content (AvgIpc) is 2.06. The van der Waals surface area contributed by atoms with Crippen molar-refractivity contribution in [1.82, 2.24) is 5.01 Å². The van der Waals surface area contributed by atoms with E-state index < -0.39 is 0 Å². The van der Waals surface area contributed by atoms with Gasteiger partial charge >= 0.3 is 0 Å². The van der Waals surface area contributed by atoms with Crippen molar-refractivity contribution >= 4 is 18.0 Å². The fraction of sp³-hybridized carbons (Fsp3) is 0.286. The molecule has 4 nitrogen and oxygen atoms in total. The average molecular weight is 149 g/mol. The predicted octanol–water partition coefficient (Wildman–Crippen LogP) is 0.173. The maximum absolute atomic E-state index is 11.1. The first-order valence-electron chi connectivity index (χ1n) is 3.46. The molecule has 0 saturated carbocycles. The molecule has 0 aromatic rings. The van der Waals surface area contributed by atoms with Gasteiger partial charge in [-0.3, -0.25) is 9.79 Å². The van der Waals surface area contributed by atoms with Gasteiger partial charge in [-0.05, 0) is 12.2 Å². The quantitative estimate of drug-likeness (QED) is 0.484. The van der Waals surface area contributed by atoms with Gasteiger partial charge in [-0.15, -0.1) is 0 Å². The molecule has 0 radical (unpaired) electrons. The predicted molar refractivity (Wildman–Crippen MR) is 41.4 cm³/mol. The van der Waals surface area contributed by atoms with Crippen LogP contribution in [-0.2, 0) is 4.79 Å².